The van der Waals surface area contributed by atoms with Crippen LogP contribution in [0, 0.1) is 6.92 Å². The molecule has 6 heteroatoms. The molecule has 6 nitrogen and oxygen atoms in total. The van der Waals surface area contributed by atoms with E-state index in [-0.39, 0.29) is 6.04 Å². The van der Waals surface area contributed by atoms with Crippen LogP contribution in [0.3, 0.4) is 0 Å². The molecule has 0 bridgehead atoms. The second-order valence-corrected chi connectivity index (χ2v) is 4.50. The number of hydrazine groups is 1. The summed E-state index contributed by atoms with van der Waals surface area (Å²) in [6.45, 7) is 1.94. The first-order valence-corrected chi connectivity index (χ1v) is 6.28. The van der Waals surface area contributed by atoms with Crippen LogP contribution in [0.25, 0.3) is 0 Å². The topological polar surface area (TPSA) is 74.3 Å². The fourth-order valence-electron chi connectivity index (χ4n) is 2.19. The van der Waals surface area contributed by atoms with Crippen LogP contribution >= 0.6 is 0 Å². The number of nitrogens with zero attached hydrogens (tertiary/aromatic N) is 2. The Labute approximate surface area is 118 Å². The average Bonchev–Trinajstić information content (AvgIpc) is 2.80. The van der Waals surface area contributed by atoms with Gasteiger partial charge in [-0.2, -0.15) is 0 Å². The summed E-state index contributed by atoms with van der Waals surface area (Å²) in [4.78, 5) is 4.30. The van der Waals surface area contributed by atoms with Crippen LogP contribution in [0.4, 0.5) is 0 Å². The number of nitrogens with two attached hydrogens (primary N) is 1. The van der Waals surface area contributed by atoms with Gasteiger partial charge in [0.05, 0.1) is 32.2 Å². The fourth-order valence-corrected chi connectivity index (χ4v) is 2.19. The van der Waals surface area contributed by atoms with Crippen LogP contribution in [0.1, 0.15) is 23.1 Å². The molecule has 0 radical (unpaired) electrons. The van der Waals surface area contributed by atoms with Crippen molar-refractivity contribution in [3.8, 4) is 11.5 Å². The molecule has 2 rings (SSSR count). The van der Waals surface area contributed by atoms with Crippen molar-refractivity contribution in [2.75, 3.05) is 14.2 Å². The Balaban J connectivity index is 2.53. The quantitative estimate of drug-likeness (QED) is 0.636. The van der Waals surface area contributed by atoms with Gasteiger partial charge < -0.3 is 14.0 Å². The Kier molecular flexibility index (Phi) is 4.26. The normalized spacial score (nSPS) is 12.2. The molecule has 0 fully saturated rings. The Hall–Kier alpha value is -2.05. The summed E-state index contributed by atoms with van der Waals surface area (Å²) < 4.78 is 12.7. The zero-order valence-corrected chi connectivity index (χ0v) is 12.2. The van der Waals surface area contributed by atoms with E-state index in [2.05, 4.69) is 10.4 Å². The number of imidazole rings is 1. The van der Waals surface area contributed by atoms with Crippen molar-refractivity contribution >= 4 is 0 Å². The second kappa shape index (κ2) is 5.94. The number of aryl methyl sites for hydroxylation is 1. The van der Waals surface area contributed by atoms with Crippen LogP contribution in [-0.4, -0.2) is 23.8 Å². The summed E-state index contributed by atoms with van der Waals surface area (Å²) in [5, 5.41) is 0. The van der Waals surface area contributed by atoms with Gasteiger partial charge in [0.15, 0.2) is 0 Å². The minimum absolute atomic E-state index is 0.230. The molecule has 0 amide bonds. The number of hydrogen-bond acceptors (Lipinski definition) is 5. The van der Waals surface area contributed by atoms with Gasteiger partial charge in [0, 0.05) is 12.6 Å². The molecular weight excluding hydrogens is 256 g/mol. The lowest BCUT2D eigenvalue weighted by atomic mass is 10.0. The van der Waals surface area contributed by atoms with E-state index in [0.29, 0.717) is 0 Å². The molecule has 1 atom stereocenters. The third-order valence-corrected chi connectivity index (χ3v) is 3.47. The van der Waals surface area contributed by atoms with Gasteiger partial charge in [-0.05, 0) is 25.1 Å². The number of rotatable bonds is 5. The van der Waals surface area contributed by atoms with Crippen LogP contribution < -0.4 is 20.7 Å². The summed E-state index contributed by atoms with van der Waals surface area (Å²) in [6.07, 6.45) is 1.80. The molecule has 20 heavy (non-hydrogen) atoms. The molecule has 3 N–H and O–H groups in total. The van der Waals surface area contributed by atoms with E-state index in [4.69, 9.17) is 15.3 Å². The van der Waals surface area contributed by atoms with Crippen molar-refractivity contribution in [2.24, 2.45) is 12.9 Å². The maximum atomic E-state index is 5.74. The van der Waals surface area contributed by atoms with Gasteiger partial charge >= 0.3 is 0 Å². The first kappa shape index (κ1) is 14.4. The van der Waals surface area contributed by atoms with E-state index in [1.54, 1.807) is 20.4 Å². The average molecular weight is 276 g/mol. The first-order chi connectivity index (χ1) is 9.62. The fraction of sp³-hybridized carbons (Fsp3) is 0.357. The third kappa shape index (κ3) is 2.48. The number of hydrogen-bond donors (Lipinski definition) is 2. The van der Waals surface area contributed by atoms with Gasteiger partial charge in [-0.15, -0.1) is 0 Å². The number of ether oxygens (including phenoxy) is 2. The summed E-state index contributed by atoms with van der Waals surface area (Å²) in [5.41, 5.74) is 4.67. The van der Waals surface area contributed by atoms with Crippen molar-refractivity contribution in [1.82, 2.24) is 15.0 Å². The van der Waals surface area contributed by atoms with E-state index >= 15 is 0 Å². The molecule has 1 aromatic carbocycles. The summed E-state index contributed by atoms with van der Waals surface area (Å²) in [7, 11) is 5.22. The standard InChI is InChI=1S/C14H20N4O2/c1-9-16-8-12(18(9)2)14(17-15)11-7-10(19-3)5-6-13(11)20-4/h5-8,14,17H,15H2,1-4H3. The molecule has 0 saturated heterocycles. The molecule has 1 unspecified atom stereocenters. The van der Waals surface area contributed by atoms with E-state index in [1.807, 2.05) is 36.7 Å². The second-order valence-electron chi connectivity index (χ2n) is 4.50. The molecule has 108 valence electrons. The van der Waals surface area contributed by atoms with Crippen molar-refractivity contribution < 1.29 is 9.47 Å². The Bertz CT molecular complexity index is 595. The van der Waals surface area contributed by atoms with Gasteiger partial charge in [0.25, 0.3) is 0 Å². The predicted molar refractivity (Wildman–Crippen MR) is 76.7 cm³/mol. The SMILES string of the molecule is COc1ccc(OC)c(C(NN)c2cnc(C)n2C)c1. The van der Waals surface area contributed by atoms with Crippen LogP contribution in [0.5, 0.6) is 11.5 Å². The van der Waals surface area contributed by atoms with E-state index in [0.717, 1.165) is 28.6 Å². The molecule has 0 aliphatic carbocycles. The molecular formula is C14H20N4O2. The van der Waals surface area contributed by atoms with Gasteiger partial charge in [-0.25, -0.2) is 10.4 Å². The van der Waals surface area contributed by atoms with Crippen LogP contribution in [0.2, 0.25) is 0 Å². The third-order valence-electron chi connectivity index (χ3n) is 3.47. The first-order valence-electron chi connectivity index (χ1n) is 6.28. The van der Waals surface area contributed by atoms with Crippen molar-refractivity contribution in [3.05, 3.63) is 41.5 Å². The molecule has 2 aromatic rings. The Morgan fingerprint density at radius 1 is 1.30 bits per heavy atom. The van der Waals surface area contributed by atoms with Crippen molar-refractivity contribution in [3.63, 3.8) is 0 Å². The number of methoxy groups -OCH3 is 2. The number of benzene rings is 1. The van der Waals surface area contributed by atoms with Gasteiger partial charge in [0.2, 0.25) is 0 Å². The highest BCUT2D eigenvalue weighted by molar-refractivity contribution is 5.45. The lowest BCUT2D eigenvalue weighted by Gasteiger charge is -2.20. The van der Waals surface area contributed by atoms with Gasteiger partial charge in [-0.3, -0.25) is 5.84 Å². The van der Waals surface area contributed by atoms with E-state index < -0.39 is 0 Å². The molecule has 0 aliphatic heterocycles. The molecule has 1 heterocycles. The summed E-state index contributed by atoms with van der Waals surface area (Å²) >= 11 is 0. The molecule has 0 saturated carbocycles. The Morgan fingerprint density at radius 2 is 2.05 bits per heavy atom. The zero-order chi connectivity index (χ0) is 14.7. The Morgan fingerprint density at radius 3 is 2.55 bits per heavy atom. The van der Waals surface area contributed by atoms with Gasteiger partial charge in [0.1, 0.15) is 17.3 Å². The highest BCUT2D eigenvalue weighted by Crippen LogP contribution is 2.32. The highest BCUT2D eigenvalue weighted by Gasteiger charge is 2.21. The highest BCUT2D eigenvalue weighted by atomic mass is 16.5. The summed E-state index contributed by atoms with van der Waals surface area (Å²) in [6, 6.07) is 5.39. The minimum atomic E-state index is -0.230. The maximum Gasteiger partial charge on any atom is 0.124 e. The van der Waals surface area contributed by atoms with Crippen LogP contribution in [0.15, 0.2) is 24.4 Å². The van der Waals surface area contributed by atoms with E-state index in [1.165, 1.54) is 0 Å². The van der Waals surface area contributed by atoms with Crippen molar-refractivity contribution in [1.29, 1.82) is 0 Å². The lowest BCUT2D eigenvalue weighted by molar-refractivity contribution is 0.393. The van der Waals surface area contributed by atoms with Crippen molar-refractivity contribution in [2.45, 2.75) is 13.0 Å². The molecule has 0 spiro atoms. The zero-order valence-electron chi connectivity index (χ0n) is 12.2. The maximum absolute atomic E-state index is 5.74. The lowest BCUT2D eigenvalue weighted by Crippen LogP contribution is -2.30. The largest absolute Gasteiger partial charge is 0.497 e. The van der Waals surface area contributed by atoms with Crippen LogP contribution in [-0.2, 0) is 7.05 Å². The van der Waals surface area contributed by atoms with E-state index in [9.17, 15) is 0 Å². The summed E-state index contributed by atoms with van der Waals surface area (Å²) in [5.74, 6) is 8.15. The molecule has 1 aromatic heterocycles. The minimum Gasteiger partial charge on any atom is -0.497 e. The smallest absolute Gasteiger partial charge is 0.124 e. The van der Waals surface area contributed by atoms with Gasteiger partial charge in [-0.1, -0.05) is 0 Å². The monoisotopic (exact) mass is 276 g/mol. The number of nitrogens with one attached hydrogen (secondary N) is 1. The number of aromatic nitrogens is 2. The molecule has 0 aliphatic rings. The predicted octanol–water partition coefficient (Wildman–Crippen LogP) is 1.30.